The summed E-state index contributed by atoms with van der Waals surface area (Å²) in [5.41, 5.74) is 12.0. The molecule has 0 aliphatic heterocycles. The lowest BCUT2D eigenvalue weighted by atomic mass is 10.1. The lowest BCUT2D eigenvalue weighted by Gasteiger charge is -2.12. The fraction of sp³-hybridized carbons (Fsp3) is 0.318. The van der Waals surface area contributed by atoms with Gasteiger partial charge in [0.25, 0.3) is 5.56 Å². The number of hydrogen-bond acceptors (Lipinski definition) is 7. The Morgan fingerprint density at radius 1 is 1.15 bits per heavy atom. The number of nitrogens with two attached hydrogens (primary N) is 2. The molecule has 0 fully saturated rings. The predicted molar refractivity (Wildman–Crippen MR) is 129 cm³/mol. The van der Waals surface area contributed by atoms with Crippen molar-refractivity contribution in [2.45, 2.75) is 44.3 Å². The highest BCUT2D eigenvalue weighted by atomic mass is 32.2. The molecule has 3 aromatic rings. The zero-order chi connectivity index (χ0) is 23.7. The quantitative estimate of drug-likeness (QED) is 0.329. The monoisotopic (exact) mass is 485 g/mol. The topological polar surface area (TPSA) is 150 Å². The van der Waals surface area contributed by atoms with E-state index in [1.165, 1.54) is 34.8 Å². The first-order valence-corrected chi connectivity index (χ1v) is 12.3. The van der Waals surface area contributed by atoms with Crippen LogP contribution in [0.5, 0.6) is 0 Å². The Bertz CT molecular complexity index is 1310. The van der Waals surface area contributed by atoms with Crippen LogP contribution in [0.25, 0.3) is 10.2 Å². The molecule has 2 heterocycles. The first-order chi connectivity index (χ1) is 15.8. The van der Waals surface area contributed by atoms with E-state index in [1.807, 2.05) is 6.92 Å². The first kappa shape index (κ1) is 23.0. The van der Waals surface area contributed by atoms with Gasteiger partial charge >= 0.3 is 0 Å². The molecular formula is C22H23N5O4S2. The van der Waals surface area contributed by atoms with Gasteiger partial charge in [-0.25, -0.2) is 4.98 Å². The first-order valence-electron chi connectivity index (χ1n) is 10.5. The van der Waals surface area contributed by atoms with Gasteiger partial charge in [-0.3, -0.25) is 23.7 Å². The fourth-order valence-corrected chi connectivity index (χ4v) is 6.03. The molecule has 0 unspecified atom stereocenters. The van der Waals surface area contributed by atoms with Gasteiger partial charge in [-0.1, -0.05) is 18.7 Å². The SMILES string of the molecule is CCCn1c(SCC(=O)Nc2cc(C(N)=O)cc(C(N)=O)c2)nc2sc3c(c2c1=O)CCC3. The van der Waals surface area contributed by atoms with E-state index in [9.17, 15) is 19.2 Å². The zero-order valence-electron chi connectivity index (χ0n) is 18.0. The molecule has 5 N–H and O–H groups in total. The molecule has 1 aromatic carbocycles. The number of aromatic nitrogens is 2. The average molecular weight is 486 g/mol. The molecule has 0 radical (unpaired) electrons. The second-order valence-electron chi connectivity index (χ2n) is 7.75. The second kappa shape index (κ2) is 9.36. The highest BCUT2D eigenvalue weighted by molar-refractivity contribution is 7.99. The van der Waals surface area contributed by atoms with Gasteiger partial charge in [-0.15, -0.1) is 11.3 Å². The van der Waals surface area contributed by atoms with E-state index in [1.54, 1.807) is 15.9 Å². The molecule has 1 aliphatic carbocycles. The van der Waals surface area contributed by atoms with Crippen molar-refractivity contribution in [3.8, 4) is 0 Å². The van der Waals surface area contributed by atoms with E-state index in [0.29, 0.717) is 11.7 Å². The maximum atomic E-state index is 13.2. The number of nitrogens with zero attached hydrogens (tertiary/aromatic N) is 2. The Labute approximate surface area is 197 Å². The maximum absolute atomic E-state index is 13.2. The maximum Gasteiger partial charge on any atom is 0.263 e. The Balaban J connectivity index is 1.57. The van der Waals surface area contributed by atoms with Crippen LogP contribution in [-0.2, 0) is 24.2 Å². The molecule has 0 saturated heterocycles. The third-order valence-corrected chi connectivity index (χ3v) is 7.52. The van der Waals surface area contributed by atoms with Crippen LogP contribution in [0, 0.1) is 0 Å². The normalized spacial score (nSPS) is 12.6. The summed E-state index contributed by atoms with van der Waals surface area (Å²) in [5.74, 6) is -1.89. The summed E-state index contributed by atoms with van der Waals surface area (Å²) in [4.78, 5) is 55.6. The molecule has 0 atom stereocenters. The van der Waals surface area contributed by atoms with Crippen molar-refractivity contribution in [3.05, 3.63) is 50.1 Å². The number of benzene rings is 1. The average Bonchev–Trinajstić information content (AvgIpc) is 3.35. The molecule has 33 heavy (non-hydrogen) atoms. The molecule has 172 valence electrons. The number of carbonyl (C=O) groups is 3. The van der Waals surface area contributed by atoms with Crippen molar-refractivity contribution in [3.63, 3.8) is 0 Å². The number of amides is 3. The summed E-state index contributed by atoms with van der Waals surface area (Å²) >= 11 is 2.73. The Hall–Kier alpha value is -3.18. The van der Waals surface area contributed by atoms with Gasteiger partial charge in [-0.05, 0) is 49.4 Å². The smallest absolute Gasteiger partial charge is 0.263 e. The summed E-state index contributed by atoms with van der Waals surface area (Å²) < 4.78 is 1.64. The highest BCUT2D eigenvalue weighted by Gasteiger charge is 2.23. The van der Waals surface area contributed by atoms with Crippen molar-refractivity contribution in [2.24, 2.45) is 11.5 Å². The van der Waals surface area contributed by atoms with Crippen LogP contribution in [0.3, 0.4) is 0 Å². The van der Waals surface area contributed by atoms with Gasteiger partial charge in [0.2, 0.25) is 17.7 Å². The molecular weight excluding hydrogens is 462 g/mol. The molecule has 3 amide bonds. The van der Waals surface area contributed by atoms with E-state index in [4.69, 9.17) is 16.5 Å². The number of thioether (sulfide) groups is 1. The molecule has 4 rings (SSSR count). The largest absolute Gasteiger partial charge is 0.366 e. The van der Waals surface area contributed by atoms with E-state index in [2.05, 4.69) is 5.32 Å². The van der Waals surface area contributed by atoms with Crippen molar-refractivity contribution < 1.29 is 14.4 Å². The van der Waals surface area contributed by atoms with Crippen molar-refractivity contribution in [2.75, 3.05) is 11.1 Å². The Morgan fingerprint density at radius 2 is 1.85 bits per heavy atom. The molecule has 0 bridgehead atoms. The number of fused-ring (bicyclic) bond motifs is 3. The molecule has 9 nitrogen and oxygen atoms in total. The lowest BCUT2D eigenvalue weighted by molar-refractivity contribution is -0.113. The van der Waals surface area contributed by atoms with Crippen molar-refractivity contribution in [1.29, 1.82) is 0 Å². The molecule has 11 heteroatoms. The summed E-state index contributed by atoms with van der Waals surface area (Å²) in [6, 6.07) is 4.03. The molecule has 2 aromatic heterocycles. The third kappa shape index (κ3) is 4.64. The van der Waals surface area contributed by atoms with Crippen molar-refractivity contribution in [1.82, 2.24) is 9.55 Å². The minimum absolute atomic E-state index is 0.0144. The van der Waals surface area contributed by atoms with Gasteiger partial charge in [0, 0.05) is 28.2 Å². The molecule has 0 spiro atoms. The summed E-state index contributed by atoms with van der Waals surface area (Å²) in [5, 5.41) is 3.86. The molecule has 0 saturated carbocycles. The number of aryl methyl sites for hydroxylation is 2. The third-order valence-electron chi connectivity index (χ3n) is 5.36. The van der Waals surface area contributed by atoms with Crippen LogP contribution in [-0.4, -0.2) is 33.0 Å². The van der Waals surface area contributed by atoms with Crippen molar-refractivity contribution >= 4 is 56.7 Å². The minimum Gasteiger partial charge on any atom is -0.366 e. The van der Waals surface area contributed by atoms with Crippen LogP contribution in [0.1, 0.15) is 50.9 Å². The van der Waals surface area contributed by atoms with Crippen LogP contribution >= 0.6 is 23.1 Å². The van der Waals surface area contributed by atoms with Crippen LogP contribution in [0.4, 0.5) is 5.69 Å². The highest BCUT2D eigenvalue weighted by Crippen LogP contribution is 2.35. The number of carbonyl (C=O) groups excluding carboxylic acids is 3. The molecule has 1 aliphatic rings. The number of hydrogen-bond donors (Lipinski definition) is 3. The van der Waals surface area contributed by atoms with Gasteiger partial charge < -0.3 is 16.8 Å². The van der Waals surface area contributed by atoms with Crippen LogP contribution < -0.4 is 22.3 Å². The number of nitrogens with one attached hydrogen (secondary N) is 1. The minimum atomic E-state index is -0.744. The predicted octanol–water partition coefficient (Wildman–Crippen LogP) is 2.29. The Kier molecular flexibility index (Phi) is 6.52. The van der Waals surface area contributed by atoms with Crippen LogP contribution in [0.2, 0.25) is 0 Å². The Morgan fingerprint density at radius 3 is 2.48 bits per heavy atom. The number of thiophene rings is 1. The van der Waals surface area contributed by atoms with Gasteiger partial charge in [0.05, 0.1) is 11.1 Å². The lowest BCUT2D eigenvalue weighted by Crippen LogP contribution is -2.24. The van der Waals surface area contributed by atoms with E-state index >= 15 is 0 Å². The summed E-state index contributed by atoms with van der Waals surface area (Å²) in [7, 11) is 0. The summed E-state index contributed by atoms with van der Waals surface area (Å²) in [6.07, 6.45) is 3.71. The van der Waals surface area contributed by atoms with E-state index in [0.717, 1.165) is 41.5 Å². The summed E-state index contributed by atoms with van der Waals surface area (Å²) in [6.45, 7) is 2.50. The van der Waals surface area contributed by atoms with Gasteiger partial charge in [-0.2, -0.15) is 0 Å². The van der Waals surface area contributed by atoms with E-state index < -0.39 is 11.8 Å². The van der Waals surface area contributed by atoms with Gasteiger partial charge in [0.1, 0.15) is 4.83 Å². The second-order valence-corrected chi connectivity index (χ2v) is 9.78. The number of anilines is 1. The van der Waals surface area contributed by atoms with E-state index in [-0.39, 0.29) is 34.0 Å². The standard InChI is InChI=1S/C22H23N5O4S2/c1-2-6-27-21(31)17-14-4-3-5-15(14)33-20(17)26-22(27)32-10-16(28)25-13-8-11(18(23)29)7-12(9-13)19(24)30/h7-9H,2-6,10H2,1H3,(H2,23,29)(H2,24,30)(H,25,28). The number of primary amides is 2. The fourth-order valence-electron chi connectivity index (χ4n) is 3.90. The van der Waals surface area contributed by atoms with Gasteiger partial charge in [0.15, 0.2) is 5.16 Å². The van der Waals surface area contributed by atoms with Crippen LogP contribution in [0.15, 0.2) is 28.2 Å². The number of rotatable bonds is 8. The zero-order valence-corrected chi connectivity index (χ0v) is 19.6.